The van der Waals surface area contributed by atoms with E-state index in [2.05, 4.69) is 20.3 Å². The van der Waals surface area contributed by atoms with Gasteiger partial charge in [0.25, 0.3) is 0 Å². The van der Waals surface area contributed by atoms with Gasteiger partial charge in [0, 0.05) is 42.2 Å². The Morgan fingerprint density at radius 3 is 1.67 bits per heavy atom. The number of nitrogens with zero attached hydrogens (tertiary/aromatic N) is 8. The summed E-state index contributed by atoms with van der Waals surface area (Å²) in [5, 5.41) is 57.8. The summed E-state index contributed by atoms with van der Waals surface area (Å²) in [6, 6.07) is -0.700. The molecule has 30 nitrogen and oxygen atoms in total. The Morgan fingerprint density at radius 1 is 0.768 bits per heavy atom. The van der Waals surface area contributed by atoms with Gasteiger partial charge in [0.2, 0.25) is 28.3 Å². The second kappa shape index (κ2) is 20.0. The number of oxime groups is 2. The topological polar surface area (TPSA) is 467 Å². The molecule has 34 heteroatoms. The SMILES string of the molecule is CC(C)(O/N=C(\C(=O)C[C@@H]1C(=O)N(S(=O)(=O)O)[C@@H]1Cc1cc(=O)c(O)cn1O)c1csc(N)n1)C(=O)O.C[C@H]1[C@H](CC(=O)/C(=N\OCc2cc(=O)c(O)cn2O)c2csc(N)n2)C(=O)N1S(=O)(=O)O. The van der Waals surface area contributed by atoms with E-state index in [0.717, 1.165) is 54.9 Å². The first-order valence-corrected chi connectivity index (χ1v) is 23.6. The van der Waals surface area contributed by atoms with Crippen LogP contribution in [0.15, 0.2) is 55.2 Å². The van der Waals surface area contributed by atoms with E-state index < -0.39 is 133 Å². The normalized spacial score (nSPS) is 18.7. The number of anilines is 2. The molecule has 2 saturated heterocycles. The Labute approximate surface area is 394 Å². The van der Waals surface area contributed by atoms with Crippen LogP contribution < -0.4 is 22.3 Å². The maximum atomic E-state index is 13.2. The van der Waals surface area contributed by atoms with Gasteiger partial charge in [-0.25, -0.2) is 23.4 Å². The highest BCUT2D eigenvalue weighted by Crippen LogP contribution is 2.35. The molecule has 69 heavy (non-hydrogen) atoms. The molecule has 0 aromatic carbocycles. The minimum Gasteiger partial charge on any atom is -0.503 e. The fourth-order valence-electron chi connectivity index (χ4n) is 6.35. The van der Waals surface area contributed by atoms with Crippen molar-refractivity contribution in [3.05, 3.63) is 78.5 Å². The van der Waals surface area contributed by atoms with Crippen LogP contribution in [-0.4, -0.2) is 138 Å². The van der Waals surface area contributed by atoms with Crippen LogP contribution >= 0.6 is 22.7 Å². The van der Waals surface area contributed by atoms with Crippen LogP contribution in [0, 0.1) is 11.8 Å². The summed E-state index contributed by atoms with van der Waals surface area (Å²) in [6.45, 7) is 3.21. The number of hydrogen-bond donors (Lipinski definition) is 9. The molecule has 4 aromatic rings. The number of β-lactam (4-membered cyclic amide) rings is 2. The maximum Gasteiger partial charge on any atom is 0.362 e. The second-order valence-electron chi connectivity index (χ2n) is 15.1. The number of carboxylic acid groups (broad SMARTS) is 1. The highest BCUT2D eigenvalue weighted by Gasteiger charge is 2.54. The molecule has 2 amide bonds. The van der Waals surface area contributed by atoms with Crippen LogP contribution in [0.1, 0.15) is 56.4 Å². The third kappa shape index (κ3) is 11.8. The lowest BCUT2D eigenvalue weighted by Gasteiger charge is -2.44. The number of aromatic nitrogens is 4. The number of carbonyl (C=O) groups is 5. The zero-order chi connectivity index (χ0) is 51.7. The van der Waals surface area contributed by atoms with Crippen molar-refractivity contribution in [1.82, 2.24) is 28.0 Å². The van der Waals surface area contributed by atoms with Gasteiger partial charge >= 0.3 is 26.6 Å². The molecule has 0 spiro atoms. The standard InChI is InChI=1S/C19H21N5O11S2.C16H17N5O9S2/c1-19(2,17(29)30)35-22-15(10-7-36-18(20)21-10)13(26)5-9-11(24(16(9)28)37(32,33)34)3-8-4-12(25)14(27)6-23(8)31;1-7-9(15(25)21(7)32(27,28)29)3-12(23)14(10-6-31-16(17)18-10)19-30-5-8-2-11(22)13(24)4-20(8)26/h4,6-7,9,11,27,31H,3,5H2,1-2H3,(H2,20,21)(H,29,30)(H,32,33,34);2,4,6-7,9,24,26H,3,5H2,1H3,(H2,17,18)(H,27,28,29)/b22-15-;19-14-/t9-,11+;7-,9-/m00/s1. The quantitative estimate of drug-likeness (QED) is 0.0182. The van der Waals surface area contributed by atoms with Crippen molar-refractivity contribution in [2.75, 3.05) is 11.5 Å². The van der Waals surface area contributed by atoms with Crippen molar-refractivity contribution in [2.24, 2.45) is 22.1 Å². The van der Waals surface area contributed by atoms with E-state index in [1.54, 1.807) is 0 Å². The van der Waals surface area contributed by atoms with Crippen molar-refractivity contribution >= 4 is 94.3 Å². The lowest BCUT2D eigenvalue weighted by atomic mass is 9.82. The van der Waals surface area contributed by atoms with Crippen LogP contribution in [-0.2, 0) is 67.3 Å². The predicted molar refractivity (Wildman–Crippen MR) is 233 cm³/mol. The lowest BCUT2D eigenvalue weighted by Crippen LogP contribution is -2.64. The van der Waals surface area contributed by atoms with Gasteiger partial charge in [-0.2, -0.15) is 26.3 Å². The molecule has 0 unspecified atom stereocenters. The van der Waals surface area contributed by atoms with E-state index >= 15 is 0 Å². The number of amides is 2. The number of carboxylic acids is 1. The molecule has 0 aliphatic carbocycles. The van der Waals surface area contributed by atoms with Crippen molar-refractivity contribution in [3.63, 3.8) is 0 Å². The molecule has 4 aromatic heterocycles. The molecular formula is C35H38N10O20S4. The highest BCUT2D eigenvalue weighted by atomic mass is 32.2. The third-order valence-electron chi connectivity index (χ3n) is 10.00. The Balaban J connectivity index is 0.000000260. The Bertz CT molecular complexity index is 3140. The zero-order valence-corrected chi connectivity index (χ0v) is 38.7. The number of aromatic hydroxyl groups is 2. The number of nitrogen functional groups attached to an aromatic ring is 2. The van der Waals surface area contributed by atoms with E-state index in [-0.39, 0.29) is 47.4 Å². The Hall–Kier alpha value is -7.53. The summed E-state index contributed by atoms with van der Waals surface area (Å²) in [6.07, 6.45) is -0.266. The Kier molecular flexibility index (Phi) is 15.2. The first kappa shape index (κ1) is 52.4. The fourth-order valence-corrected chi connectivity index (χ4v) is 9.30. The first-order chi connectivity index (χ1) is 31.9. The fraction of sp³-hybridized carbons (Fsp3) is 0.343. The number of hydrogen-bond acceptors (Lipinski definition) is 25. The van der Waals surface area contributed by atoms with Crippen molar-refractivity contribution in [2.45, 2.75) is 64.3 Å². The summed E-state index contributed by atoms with van der Waals surface area (Å²) in [5.74, 6) is -9.02. The van der Waals surface area contributed by atoms with E-state index in [1.807, 2.05) is 0 Å². The van der Waals surface area contributed by atoms with E-state index in [1.165, 1.54) is 17.7 Å². The van der Waals surface area contributed by atoms with Crippen LogP contribution in [0.3, 0.4) is 0 Å². The van der Waals surface area contributed by atoms with Crippen LogP contribution in [0.2, 0.25) is 0 Å². The smallest absolute Gasteiger partial charge is 0.362 e. The number of pyridine rings is 2. The number of aliphatic carboxylic acids is 1. The molecule has 0 saturated carbocycles. The molecule has 6 rings (SSSR count). The van der Waals surface area contributed by atoms with Gasteiger partial charge in [-0.3, -0.25) is 37.9 Å². The number of Topliss-reactive ketones (excluding diaryl/α,β-unsaturated/α-hetero) is 2. The van der Waals surface area contributed by atoms with Gasteiger partial charge in [-0.15, -0.1) is 22.7 Å². The maximum absolute atomic E-state index is 13.2. The molecule has 11 N–H and O–H groups in total. The molecule has 372 valence electrons. The zero-order valence-electron chi connectivity index (χ0n) is 35.4. The molecular weight excluding hydrogens is 1010 g/mol. The third-order valence-corrected chi connectivity index (χ3v) is 13.3. The molecule has 6 heterocycles. The van der Waals surface area contributed by atoms with Crippen molar-refractivity contribution in [3.8, 4) is 11.5 Å². The van der Waals surface area contributed by atoms with Crippen molar-refractivity contribution in [1.29, 1.82) is 0 Å². The monoisotopic (exact) mass is 1050 g/mol. The van der Waals surface area contributed by atoms with Gasteiger partial charge in [0.1, 0.15) is 17.1 Å². The lowest BCUT2D eigenvalue weighted by molar-refractivity contribution is -0.161. The number of thiazole rings is 2. The van der Waals surface area contributed by atoms with E-state index in [4.69, 9.17) is 25.7 Å². The molecule has 2 aliphatic heterocycles. The minimum absolute atomic E-state index is 0.0376. The van der Waals surface area contributed by atoms with Gasteiger partial charge in [0.05, 0.1) is 42.0 Å². The summed E-state index contributed by atoms with van der Waals surface area (Å²) >= 11 is 1.94. The summed E-state index contributed by atoms with van der Waals surface area (Å²) < 4.78 is 65.7. The van der Waals surface area contributed by atoms with E-state index in [9.17, 15) is 80.7 Å². The Morgan fingerprint density at radius 2 is 1.22 bits per heavy atom. The van der Waals surface area contributed by atoms with E-state index in [0.29, 0.717) is 15.7 Å². The molecule has 0 radical (unpaired) electrons. The van der Waals surface area contributed by atoms with Gasteiger partial charge in [0.15, 0.2) is 51.4 Å². The molecule has 4 atom stereocenters. The molecule has 0 bridgehead atoms. The summed E-state index contributed by atoms with van der Waals surface area (Å²) in [4.78, 5) is 103. The predicted octanol–water partition coefficient (Wildman–Crippen LogP) is -1.39. The number of ketones is 2. The van der Waals surface area contributed by atoms with Gasteiger partial charge in [-0.05, 0) is 20.8 Å². The van der Waals surface area contributed by atoms with Gasteiger partial charge < -0.3 is 46.9 Å². The first-order valence-electron chi connectivity index (χ1n) is 19.0. The molecule has 2 aliphatic rings. The molecule has 2 fully saturated rings. The van der Waals surface area contributed by atoms with Gasteiger partial charge in [-0.1, -0.05) is 10.3 Å². The highest BCUT2D eigenvalue weighted by molar-refractivity contribution is 7.84. The second-order valence-corrected chi connectivity index (χ2v) is 19.5. The number of rotatable bonds is 18. The van der Waals surface area contributed by atoms with Crippen molar-refractivity contribution < 1.29 is 85.3 Å². The van der Waals surface area contributed by atoms with Crippen LogP contribution in [0.4, 0.5) is 10.3 Å². The van der Waals surface area contributed by atoms with Crippen LogP contribution in [0.5, 0.6) is 11.5 Å². The largest absolute Gasteiger partial charge is 0.503 e. The number of carbonyl (C=O) groups excluding carboxylic acids is 4. The number of nitrogens with two attached hydrogens (primary N) is 2. The minimum atomic E-state index is -5.09. The summed E-state index contributed by atoms with van der Waals surface area (Å²) in [5.41, 5.74) is 6.44. The average Bonchev–Trinajstić information content (AvgIpc) is 3.87. The average molecular weight is 1050 g/mol. The van der Waals surface area contributed by atoms with Crippen LogP contribution in [0.25, 0.3) is 0 Å². The summed E-state index contributed by atoms with van der Waals surface area (Å²) in [7, 11) is -9.82.